The van der Waals surface area contributed by atoms with Crippen LogP contribution in [-0.2, 0) is 28.6 Å². The Morgan fingerprint density at radius 3 is 1.33 bits per heavy atom. The Kier molecular flexibility index (Phi) is 41.1. The molecule has 0 saturated carbocycles. The van der Waals surface area contributed by atoms with Crippen molar-refractivity contribution in [3.63, 3.8) is 0 Å². The zero-order valence-corrected chi connectivity index (χ0v) is 39.8. The number of esters is 2. The zero-order valence-electron chi connectivity index (χ0n) is 39.8. The van der Waals surface area contributed by atoms with Crippen molar-refractivity contribution in [1.29, 1.82) is 0 Å². The highest BCUT2D eigenvalue weighted by Gasteiger charge is 2.25. The Labute approximate surface area is 374 Å². The molecule has 0 aromatic carbocycles. The quantitative estimate of drug-likeness (QED) is 0.0260. The molecule has 0 N–H and O–H groups in total. The number of carboxylic acid groups (broad SMARTS) is 1. The van der Waals surface area contributed by atoms with Crippen molar-refractivity contribution in [3.8, 4) is 0 Å². The molecule has 0 aliphatic rings. The number of carbonyl (C=O) groups excluding carboxylic acids is 3. The van der Waals surface area contributed by atoms with Gasteiger partial charge < -0.3 is 28.6 Å². The molecule has 0 aliphatic heterocycles. The lowest BCUT2D eigenvalue weighted by Gasteiger charge is -2.34. The Hall–Kier alpha value is -3.23. The van der Waals surface area contributed by atoms with Crippen molar-refractivity contribution in [2.24, 2.45) is 0 Å². The van der Waals surface area contributed by atoms with Crippen LogP contribution in [0.25, 0.3) is 0 Å². The lowest BCUT2D eigenvalue weighted by molar-refractivity contribution is -0.889. The van der Waals surface area contributed by atoms with Crippen LogP contribution in [0.2, 0.25) is 0 Å². The van der Waals surface area contributed by atoms with E-state index in [0.29, 0.717) is 12.8 Å². The van der Waals surface area contributed by atoms with Crippen molar-refractivity contribution >= 4 is 17.9 Å². The highest BCUT2D eigenvalue weighted by atomic mass is 16.6. The molecule has 0 amide bonds. The van der Waals surface area contributed by atoms with Gasteiger partial charge in [-0.1, -0.05) is 196 Å². The first-order valence-corrected chi connectivity index (χ1v) is 24.5. The van der Waals surface area contributed by atoms with Crippen LogP contribution in [0.5, 0.6) is 0 Å². The minimum atomic E-state index is -1.13. The molecule has 8 nitrogen and oxygen atoms in total. The van der Waals surface area contributed by atoms with Crippen LogP contribution in [-0.4, -0.2) is 75.5 Å². The van der Waals surface area contributed by atoms with Crippen molar-refractivity contribution < 1.29 is 38.2 Å². The second-order valence-electron chi connectivity index (χ2n) is 17.3. The van der Waals surface area contributed by atoms with Crippen LogP contribution >= 0.6 is 0 Å². The maximum absolute atomic E-state index is 12.8. The van der Waals surface area contributed by atoms with Crippen molar-refractivity contribution in [2.45, 2.75) is 206 Å². The summed E-state index contributed by atoms with van der Waals surface area (Å²) >= 11 is 0. The summed E-state index contributed by atoms with van der Waals surface area (Å²) in [6, 6.07) is -0.739. The number of rotatable bonds is 43. The molecule has 2 unspecified atom stereocenters. The fraction of sp³-hybridized carbons (Fsp3) is 0.717. The maximum atomic E-state index is 12.8. The molecule has 0 heterocycles. The fourth-order valence-corrected chi connectivity index (χ4v) is 6.86. The molecule has 0 aromatic heterocycles. The summed E-state index contributed by atoms with van der Waals surface area (Å²) in [7, 11) is 5.39. The third kappa shape index (κ3) is 41.9. The minimum Gasteiger partial charge on any atom is -0.544 e. The second kappa shape index (κ2) is 43.4. The van der Waals surface area contributed by atoms with Crippen molar-refractivity contribution in [3.05, 3.63) is 72.9 Å². The lowest BCUT2D eigenvalue weighted by Crippen LogP contribution is -2.55. The molecule has 8 heteroatoms. The van der Waals surface area contributed by atoms with Gasteiger partial charge in [0.1, 0.15) is 12.6 Å². The normalized spacial score (nSPS) is 13.5. The average Bonchev–Trinajstić information content (AvgIpc) is 3.22. The number of carbonyl (C=O) groups is 3. The Morgan fingerprint density at radius 1 is 0.508 bits per heavy atom. The number of carboxylic acids is 1. The van der Waals surface area contributed by atoms with Crippen LogP contribution in [0.4, 0.5) is 0 Å². The number of likely N-dealkylation sites (N-methyl/N-ethyl adjacent to an activating group) is 1. The Morgan fingerprint density at radius 2 is 0.918 bits per heavy atom. The second-order valence-corrected chi connectivity index (χ2v) is 17.3. The summed E-state index contributed by atoms with van der Waals surface area (Å²) in [6.45, 7) is 4.48. The van der Waals surface area contributed by atoms with E-state index in [9.17, 15) is 19.5 Å². The molecule has 350 valence electrons. The number of aliphatic carboxylic acids is 1. The average molecular weight is 854 g/mol. The summed E-state index contributed by atoms with van der Waals surface area (Å²) in [5, 5.41) is 11.6. The lowest BCUT2D eigenvalue weighted by atomic mass is 10.0. The Balaban J connectivity index is 4.39. The van der Waals surface area contributed by atoms with Crippen molar-refractivity contribution in [1.82, 2.24) is 0 Å². The highest BCUT2D eigenvalue weighted by molar-refractivity contribution is 5.70. The molecule has 0 radical (unpaired) electrons. The first-order chi connectivity index (χ1) is 29.6. The van der Waals surface area contributed by atoms with Crippen LogP contribution in [0.1, 0.15) is 194 Å². The standard InChI is InChI=1S/C53H91NO7/c1-6-8-10-12-14-16-18-20-22-24-26-28-29-31-33-35-37-39-41-43-51(55)60-48-49(47-59-46-45-50(53(57)58)54(3,4)5)61-52(56)44-42-40-38-36-34-32-30-27-25-23-21-19-17-15-13-11-9-7-2/h8,10,14,16,20,22,26,28,31,33,37,39,49-50H,6-7,9,11-13,15,17-19,21,23-25,27,29-30,32,34-36,38,40-48H2,1-5H3/b10-8+,16-14+,22-20+,28-26+,33-31+,39-37+. The van der Waals surface area contributed by atoms with Crippen LogP contribution in [0, 0.1) is 0 Å². The molecule has 0 fully saturated rings. The number of ether oxygens (including phenoxy) is 3. The SMILES string of the molecule is CC/C=C/C/C=C/C/C=C/C/C=C/C/C=C/C/C=C/CCC(=O)OCC(COCCC(C(=O)[O-])[N+](C)(C)C)OC(=O)CCCCCCCCCCCCCCCCCCCC. The molecule has 2 atom stereocenters. The molecule has 0 saturated heterocycles. The van der Waals surface area contributed by atoms with Crippen molar-refractivity contribution in [2.75, 3.05) is 41.0 Å². The van der Waals surface area contributed by atoms with Gasteiger partial charge in [-0.15, -0.1) is 0 Å². The predicted molar refractivity (Wildman–Crippen MR) is 254 cm³/mol. The summed E-state index contributed by atoms with van der Waals surface area (Å²) in [5.74, 6) is -1.84. The molecule has 0 rings (SSSR count). The minimum absolute atomic E-state index is 0.0161. The third-order valence-corrected chi connectivity index (χ3v) is 10.6. The van der Waals surface area contributed by atoms with E-state index >= 15 is 0 Å². The smallest absolute Gasteiger partial charge is 0.306 e. The third-order valence-electron chi connectivity index (χ3n) is 10.6. The van der Waals surface area contributed by atoms with Gasteiger partial charge in [0.2, 0.25) is 0 Å². The van der Waals surface area contributed by atoms with E-state index in [1.165, 1.54) is 96.3 Å². The largest absolute Gasteiger partial charge is 0.544 e. The van der Waals surface area contributed by atoms with Gasteiger partial charge in [-0.25, -0.2) is 0 Å². The summed E-state index contributed by atoms with van der Waals surface area (Å²) in [5.41, 5.74) is 0. The molecule has 61 heavy (non-hydrogen) atoms. The fourth-order valence-electron chi connectivity index (χ4n) is 6.86. The molecular formula is C53H91NO7. The summed E-state index contributed by atoms with van der Waals surface area (Å²) in [6.07, 6.45) is 55.2. The van der Waals surface area contributed by atoms with Crippen LogP contribution in [0.3, 0.4) is 0 Å². The first kappa shape index (κ1) is 57.8. The van der Waals surface area contributed by atoms with E-state index in [4.69, 9.17) is 14.2 Å². The molecule has 0 aliphatic carbocycles. The van der Waals surface area contributed by atoms with E-state index in [2.05, 4.69) is 74.6 Å². The van der Waals surface area contributed by atoms with Gasteiger partial charge in [-0.05, 0) is 51.4 Å². The van der Waals surface area contributed by atoms with Gasteiger partial charge in [0.25, 0.3) is 0 Å². The number of unbranched alkanes of at least 4 members (excludes halogenated alkanes) is 17. The number of quaternary nitrogens is 1. The molecule has 0 aromatic rings. The van der Waals surface area contributed by atoms with Gasteiger partial charge in [-0.2, -0.15) is 0 Å². The predicted octanol–water partition coefficient (Wildman–Crippen LogP) is 12.6. The number of hydrogen-bond donors (Lipinski definition) is 0. The first-order valence-electron chi connectivity index (χ1n) is 24.5. The van der Waals surface area contributed by atoms with Gasteiger partial charge in [-0.3, -0.25) is 9.59 Å². The van der Waals surface area contributed by atoms with E-state index in [0.717, 1.165) is 57.8 Å². The molecule has 0 spiro atoms. The maximum Gasteiger partial charge on any atom is 0.306 e. The highest BCUT2D eigenvalue weighted by Crippen LogP contribution is 2.15. The monoisotopic (exact) mass is 854 g/mol. The van der Waals surface area contributed by atoms with Crippen LogP contribution < -0.4 is 5.11 Å². The number of nitrogens with zero attached hydrogens (tertiary/aromatic N) is 1. The van der Waals surface area contributed by atoms with Gasteiger partial charge in [0.15, 0.2) is 6.10 Å². The topological polar surface area (TPSA) is 102 Å². The van der Waals surface area contributed by atoms with E-state index in [1.54, 1.807) is 21.1 Å². The van der Waals surface area contributed by atoms with Gasteiger partial charge >= 0.3 is 11.9 Å². The summed E-state index contributed by atoms with van der Waals surface area (Å²) < 4.78 is 17.1. The van der Waals surface area contributed by atoms with Gasteiger partial charge in [0, 0.05) is 19.3 Å². The van der Waals surface area contributed by atoms with E-state index in [-0.39, 0.29) is 49.1 Å². The molecule has 0 bridgehead atoms. The summed E-state index contributed by atoms with van der Waals surface area (Å²) in [4.78, 5) is 36.9. The Bertz CT molecular complexity index is 1230. The van der Waals surface area contributed by atoms with Crippen LogP contribution in [0.15, 0.2) is 72.9 Å². The van der Waals surface area contributed by atoms with Gasteiger partial charge in [0.05, 0.1) is 40.3 Å². The number of allylic oxidation sites excluding steroid dienone is 12. The van der Waals surface area contributed by atoms with E-state index < -0.39 is 18.1 Å². The molecular weight excluding hydrogens is 763 g/mol. The number of hydrogen-bond acceptors (Lipinski definition) is 7. The van der Waals surface area contributed by atoms with E-state index in [1.807, 2.05) is 12.2 Å². The zero-order chi connectivity index (χ0) is 44.9.